The minimum atomic E-state index is -2.49. The number of esters is 1. The summed E-state index contributed by atoms with van der Waals surface area (Å²) in [4.78, 5) is 10.6. The molecule has 0 saturated carbocycles. The van der Waals surface area contributed by atoms with Crippen molar-refractivity contribution in [3.63, 3.8) is 0 Å². The van der Waals surface area contributed by atoms with Crippen molar-refractivity contribution in [1.82, 2.24) is 0 Å². The number of halogens is 1. The molecule has 1 saturated heterocycles. The molecule has 3 atom stereocenters. The summed E-state index contributed by atoms with van der Waals surface area (Å²) in [5.74, 6) is -1.13. The van der Waals surface area contributed by atoms with Crippen molar-refractivity contribution in [2.75, 3.05) is 6.61 Å². The molecule has 0 radical (unpaired) electrons. The Morgan fingerprint density at radius 3 is 2.73 bits per heavy atom. The fourth-order valence-electron chi connectivity index (χ4n) is 0.875. The van der Waals surface area contributed by atoms with Crippen molar-refractivity contribution in [1.29, 1.82) is 0 Å². The van der Waals surface area contributed by atoms with E-state index in [9.17, 15) is 9.18 Å². The van der Waals surface area contributed by atoms with E-state index in [1.165, 1.54) is 0 Å². The highest BCUT2D eigenvalue weighted by Crippen LogP contribution is 2.24. The molecule has 1 aliphatic rings. The van der Waals surface area contributed by atoms with Crippen LogP contribution in [0.1, 0.15) is 6.92 Å². The molecule has 0 amide bonds. The van der Waals surface area contributed by atoms with Gasteiger partial charge in [-0.3, -0.25) is 0 Å². The van der Waals surface area contributed by atoms with Gasteiger partial charge in [0.05, 0.1) is 0 Å². The van der Waals surface area contributed by atoms with Crippen LogP contribution in [0.5, 0.6) is 0 Å². The molecule has 0 aliphatic carbocycles. The number of alkyl halides is 1. The Balaban J connectivity index is 2.80. The van der Waals surface area contributed by atoms with E-state index >= 15 is 0 Å². The molecule has 2 unspecified atom stereocenters. The summed E-state index contributed by atoms with van der Waals surface area (Å²) in [6.07, 6.45) is -3.02. The van der Waals surface area contributed by atoms with Crippen LogP contribution in [0.25, 0.3) is 0 Å². The van der Waals surface area contributed by atoms with Gasteiger partial charge in [0.2, 0.25) is 5.67 Å². The largest absolute Gasteiger partial charge is 0.460 e. The summed E-state index contributed by atoms with van der Waals surface area (Å²) in [5, 5.41) is 17.8. The molecule has 64 valence electrons. The Bertz CT molecular complexity index is 179. The lowest BCUT2D eigenvalue weighted by atomic mass is 9.95. The minimum absolute atomic E-state index is 0.348. The van der Waals surface area contributed by atoms with E-state index in [-0.39, 0.29) is 6.61 Å². The molecular weight excluding hydrogens is 155 g/mol. The summed E-state index contributed by atoms with van der Waals surface area (Å²) >= 11 is 0. The van der Waals surface area contributed by atoms with Crippen molar-refractivity contribution in [3.8, 4) is 0 Å². The Kier molecular flexibility index (Phi) is 1.85. The highest BCUT2D eigenvalue weighted by molar-refractivity contribution is 5.80. The lowest BCUT2D eigenvalue weighted by Gasteiger charge is -2.32. The highest BCUT2D eigenvalue weighted by atomic mass is 19.1. The molecule has 5 heteroatoms. The highest BCUT2D eigenvalue weighted by Gasteiger charge is 2.50. The van der Waals surface area contributed by atoms with Crippen molar-refractivity contribution in [2.24, 2.45) is 0 Å². The second kappa shape index (κ2) is 2.42. The lowest BCUT2D eigenvalue weighted by molar-refractivity contribution is -0.193. The van der Waals surface area contributed by atoms with E-state index in [2.05, 4.69) is 4.74 Å². The van der Waals surface area contributed by atoms with Crippen molar-refractivity contribution < 1.29 is 24.1 Å². The number of rotatable bonds is 0. The van der Waals surface area contributed by atoms with Gasteiger partial charge >= 0.3 is 5.97 Å². The fourth-order valence-corrected chi connectivity index (χ4v) is 0.875. The van der Waals surface area contributed by atoms with Crippen molar-refractivity contribution in [2.45, 2.75) is 24.8 Å². The van der Waals surface area contributed by atoms with Crippen LogP contribution in [0.4, 0.5) is 4.39 Å². The molecular formula is C6H9FO4. The molecule has 1 rings (SSSR count). The second-order valence-corrected chi connectivity index (χ2v) is 2.69. The molecule has 1 heterocycles. The monoisotopic (exact) mass is 164 g/mol. The average Bonchev–Trinajstić information content (AvgIpc) is 1.95. The van der Waals surface area contributed by atoms with E-state index < -0.39 is 23.8 Å². The number of hydrogen-bond acceptors (Lipinski definition) is 4. The Morgan fingerprint density at radius 2 is 2.27 bits per heavy atom. The Labute approximate surface area is 62.6 Å². The van der Waals surface area contributed by atoms with Gasteiger partial charge in [0.1, 0.15) is 18.8 Å². The summed E-state index contributed by atoms with van der Waals surface area (Å²) in [6.45, 7) is 0.530. The van der Waals surface area contributed by atoms with Gasteiger partial charge < -0.3 is 14.9 Å². The van der Waals surface area contributed by atoms with E-state index in [4.69, 9.17) is 10.2 Å². The number of aliphatic hydroxyl groups is 2. The SMILES string of the molecule is C[C@]1(F)C(=O)OCC(O)C1O. The van der Waals surface area contributed by atoms with E-state index in [0.717, 1.165) is 6.92 Å². The third kappa shape index (κ3) is 1.21. The fraction of sp³-hybridized carbons (Fsp3) is 0.833. The number of cyclic esters (lactones) is 1. The van der Waals surface area contributed by atoms with Crippen LogP contribution in [0.2, 0.25) is 0 Å². The molecule has 0 aromatic heterocycles. The van der Waals surface area contributed by atoms with E-state index in [1.807, 2.05) is 0 Å². The van der Waals surface area contributed by atoms with E-state index in [1.54, 1.807) is 0 Å². The van der Waals surface area contributed by atoms with Gasteiger partial charge in [-0.25, -0.2) is 9.18 Å². The number of aliphatic hydroxyl groups excluding tert-OH is 2. The topological polar surface area (TPSA) is 66.8 Å². The number of hydrogen-bond donors (Lipinski definition) is 2. The molecule has 2 N–H and O–H groups in total. The van der Waals surface area contributed by atoms with Crippen LogP contribution in [0, 0.1) is 0 Å². The quantitative estimate of drug-likeness (QED) is 0.450. The van der Waals surface area contributed by atoms with Crippen molar-refractivity contribution in [3.05, 3.63) is 0 Å². The molecule has 0 aromatic rings. The first-order chi connectivity index (χ1) is 4.96. The molecule has 0 aromatic carbocycles. The zero-order valence-corrected chi connectivity index (χ0v) is 5.95. The first kappa shape index (κ1) is 8.42. The maximum atomic E-state index is 13.0. The Hall–Kier alpha value is -0.680. The second-order valence-electron chi connectivity index (χ2n) is 2.69. The number of ether oxygens (including phenoxy) is 1. The maximum absolute atomic E-state index is 13.0. The van der Waals surface area contributed by atoms with Crippen LogP contribution < -0.4 is 0 Å². The number of carbonyl (C=O) groups excluding carboxylic acids is 1. The summed E-state index contributed by atoms with van der Waals surface area (Å²) < 4.78 is 17.3. The van der Waals surface area contributed by atoms with Crippen LogP contribution in [-0.4, -0.2) is 40.7 Å². The molecule has 0 bridgehead atoms. The van der Waals surface area contributed by atoms with Crippen molar-refractivity contribution >= 4 is 5.97 Å². The predicted molar refractivity (Wildman–Crippen MR) is 32.5 cm³/mol. The van der Waals surface area contributed by atoms with Crippen LogP contribution in [0.3, 0.4) is 0 Å². The van der Waals surface area contributed by atoms with Crippen LogP contribution in [-0.2, 0) is 9.53 Å². The molecule has 0 spiro atoms. The molecule has 1 fully saturated rings. The normalized spacial score (nSPS) is 45.3. The first-order valence-electron chi connectivity index (χ1n) is 3.18. The zero-order valence-electron chi connectivity index (χ0n) is 5.95. The maximum Gasteiger partial charge on any atom is 0.346 e. The zero-order chi connectivity index (χ0) is 8.65. The van der Waals surface area contributed by atoms with Gasteiger partial charge in [-0.15, -0.1) is 0 Å². The van der Waals surface area contributed by atoms with Gasteiger partial charge in [0.15, 0.2) is 0 Å². The van der Waals surface area contributed by atoms with Crippen LogP contribution in [0.15, 0.2) is 0 Å². The third-order valence-electron chi connectivity index (χ3n) is 1.70. The van der Waals surface area contributed by atoms with Gasteiger partial charge in [0, 0.05) is 0 Å². The van der Waals surface area contributed by atoms with Gasteiger partial charge in [-0.05, 0) is 6.92 Å². The first-order valence-corrected chi connectivity index (χ1v) is 3.18. The smallest absolute Gasteiger partial charge is 0.346 e. The van der Waals surface area contributed by atoms with Gasteiger partial charge in [-0.1, -0.05) is 0 Å². The van der Waals surface area contributed by atoms with E-state index in [0.29, 0.717) is 0 Å². The Morgan fingerprint density at radius 1 is 1.73 bits per heavy atom. The standard InChI is InChI=1S/C6H9FO4/c1-6(7)4(9)3(8)2-11-5(6)10/h3-4,8-9H,2H2,1H3/t3?,4?,6-/m1/s1. The predicted octanol–water partition coefficient (Wildman–Crippen LogP) is -1.01. The summed E-state index contributed by atoms with van der Waals surface area (Å²) in [5.41, 5.74) is -2.49. The lowest BCUT2D eigenvalue weighted by Crippen LogP contribution is -2.56. The summed E-state index contributed by atoms with van der Waals surface area (Å²) in [6, 6.07) is 0. The molecule has 11 heavy (non-hydrogen) atoms. The van der Waals surface area contributed by atoms with Crippen LogP contribution >= 0.6 is 0 Å². The third-order valence-corrected chi connectivity index (χ3v) is 1.70. The average molecular weight is 164 g/mol. The minimum Gasteiger partial charge on any atom is -0.460 e. The van der Waals surface area contributed by atoms with Gasteiger partial charge in [0.25, 0.3) is 0 Å². The van der Waals surface area contributed by atoms with Gasteiger partial charge in [-0.2, -0.15) is 0 Å². The molecule has 4 nitrogen and oxygen atoms in total. The number of carbonyl (C=O) groups is 1. The molecule has 1 aliphatic heterocycles. The summed E-state index contributed by atoms with van der Waals surface area (Å²) in [7, 11) is 0.